The van der Waals surface area contributed by atoms with E-state index in [4.69, 9.17) is 20.9 Å². The average Bonchev–Trinajstić information content (AvgIpc) is 2.93. The predicted octanol–water partition coefficient (Wildman–Crippen LogP) is 2.81. The van der Waals surface area contributed by atoms with Crippen LogP contribution in [0.4, 0.5) is 0 Å². The minimum Gasteiger partial charge on any atom is -0.366 e. The zero-order valence-electron chi connectivity index (χ0n) is 9.90. The molecule has 3 rings (SSSR count). The molecular formula is C12H11BrClN3O2. The molecule has 5 nitrogen and oxygen atoms in total. The van der Waals surface area contributed by atoms with E-state index in [9.17, 15) is 0 Å². The quantitative estimate of drug-likeness (QED) is 0.908. The molecule has 19 heavy (non-hydrogen) atoms. The molecule has 1 saturated heterocycles. The fraction of sp³-hybridized carbons (Fsp3) is 0.333. The molecule has 1 fully saturated rings. The van der Waals surface area contributed by atoms with Gasteiger partial charge in [-0.3, -0.25) is 0 Å². The summed E-state index contributed by atoms with van der Waals surface area (Å²) in [7, 11) is 0. The summed E-state index contributed by atoms with van der Waals surface area (Å²) in [5, 5.41) is 7.84. The van der Waals surface area contributed by atoms with Crippen LogP contribution in [0, 0.1) is 0 Å². The van der Waals surface area contributed by atoms with Crippen LogP contribution in [0.15, 0.2) is 27.2 Å². The molecule has 0 bridgehead atoms. The van der Waals surface area contributed by atoms with E-state index in [0.29, 0.717) is 29.9 Å². The summed E-state index contributed by atoms with van der Waals surface area (Å²) >= 11 is 9.33. The highest BCUT2D eigenvalue weighted by atomic mass is 79.9. The largest absolute Gasteiger partial charge is 0.366 e. The first kappa shape index (κ1) is 13.1. The molecule has 0 radical (unpaired) electrons. The van der Waals surface area contributed by atoms with Gasteiger partial charge in [-0.15, -0.1) is 0 Å². The molecule has 1 aliphatic rings. The SMILES string of the molecule is Clc1ccc(-c2noc(C3CNCCO3)n2)cc1Br. The molecule has 100 valence electrons. The second-order valence-corrected chi connectivity index (χ2v) is 5.41. The molecule has 2 heterocycles. The molecule has 1 atom stereocenters. The number of ether oxygens (including phenoxy) is 1. The van der Waals surface area contributed by atoms with Crippen molar-refractivity contribution in [1.82, 2.24) is 15.5 Å². The van der Waals surface area contributed by atoms with Crippen LogP contribution in [0.3, 0.4) is 0 Å². The second-order valence-electron chi connectivity index (χ2n) is 4.15. The van der Waals surface area contributed by atoms with Crippen molar-refractivity contribution in [2.24, 2.45) is 0 Å². The average molecular weight is 345 g/mol. The maximum absolute atomic E-state index is 5.96. The molecule has 1 aromatic carbocycles. The third kappa shape index (κ3) is 2.81. The molecule has 1 aromatic heterocycles. The summed E-state index contributed by atoms with van der Waals surface area (Å²) in [5.74, 6) is 1.02. The van der Waals surface area contributed by atoms with Crippen molar-refractivity contribution in [2.45, 2.75) is 6.10 Å². The topological polar surface area (TPSA) is 60.2 Å². The molecule has 7 heteroatoms. The normalized spacial score (nSPS) is 19.6. The molecule has 0 aliphatic carbocycles. The summed E-state index contributed by atoms with van der Waals surface area (Å²) in [6, 6.07) is 5.49. The zero-order chi connectivity index (χ0) is 13.2. The van der Waals surface area contributed by atoms with Crippen LogP contribution in [-0.2, 0) is 4.74 Å². The fourth-order valence-corrected chi connectivity index (χ4v) is 2.34. The van der Waals surface area contributed by atoms with E-state index in [1.807, 2.05) is 12.1 Å². The molecule has 0 spiro atoms. The Bertz CT molecular complexity index is 584. The molecule has 1 unspecified atom stereocenters. The van der Waals surface area contributed by atoms with E-state index in [-0.39, 0.29) is 6.10 Å². The lowest BCUT2D eigenvalue weighted by molar-refractivity contribution is 0.00755. The smallest absolute Gasteiger partial charge is 0.257 e. The van der Waals surface area contributed by atoms with E-state index in [1.165, 1.54) is 0 Å². The Kier molecular flexibility index (Phi) is 3.83. The maximum atomic E-state index is 5.96. The summed E-state index contributed by atoms with van der Waals surface area (Å²) in [4.78, 5) is 4.37. The van der Waals surface area contributed by atoms with Crippen LogP contribution in [0.25, 0.3) is 11.4 Å². The highest BCUT2D eigenvalue weighted by Crippen LogP contribution is 2.28. The number of hydrogen-bond donors (Lipinski definition) is 1. The van der Waals surface area contributed by atoms with E-state index in [1.54, 1.807) is 6.07 Å². The molecule has 0 saturated carbocycles. The van der Waals surface area contributed by atoms with Crippen molar-refractivity contribution in [3.05, 3.63) is 33.6 Å². The highest BCUT2D eigenvalue weighted by molar-refractivity contribution is 9.10. The molecule has 2 aromatic rings. The van der Waals surface area contributed by atoms with Crippen LogP contribution in [0.5, 0.6) is 0 Å². The van der Waals surface area contributed by atoms with E-state index < -0.39 is 0 Å². The predicted molar refractivity (Wildman–Crippen MR) is 74.0 cm³/mol. The number of hydrogen-bond acceptors (Lipinski definition) is 5. The van der Waals surface area contributed by atoms with Crippen LogP contribution in [0.2, 0.25) is 5.02 Å². The second kappa shape index (κ2) is 5.58. The standard InChI is InChI=1S/C12H11BrClN3O2/c13-8-5-7(1-2-9(8)14)11-16-12(19-17-11)10-6-15-3-4-18-10/h1-2,5,10,15H,3-4,6H2. The lowest BCUT2D eigenvalue weighted by Crippen LogP contribution is -2.33. The fourth-order valence-electron chi connectivity index (χ4n) is 1.84. The van der Waals surface area contributed by atoms with Gasteiger partial charge in [0.05, 0.1) is 11.6 Å². The Balaban J connectivity index is 1.85. The van der Waals surface area contributed by atoms with Gasteiger partial charge in [0.2, 0.25) is 5.82 Å². The van der Waals surface area contributed by atoms with Crippen LogP contribution in [-0.4, -0.2) is 29.8 Å². The summed E-state index contributed by atoms with van der Waals surface area (Å²) in [5.41, 5.74) is 0.843. The minimum atomic E-state index is -0.175. The zero-order valence-corrected chi connectivity index (χ0v) is 12.2. The lowest BCUT2D eigenvalue weighted by Gasteiger charge is -2.19. The first-order valence-electron chi connectivity index (χ1n) is 5.85. The number of aromatic nitrogens is 2. The van der Waals surface area contributed by atoms with Crippen LogP contribution >= 0.6 is 27.5 Å². The van der Waals surface area contributed by atoms with Gasteiger partial charge >= 0.3 is 0 Å². The Morgan fingerprint density at radius 2 is 2.32 bits per heavy atom. The van der Waals surface area contributed by atoms with Crippen LogP contribution < -0.4 is 5.32 Å². The third-order valence-corrected chi connectivity index (χ3v) is 4.04. The van der Waals surface area contributed by atoms with Crippen LogP contribution in [0.1, 0.15) is 12.0 Å². The van der Waals surface area contributed by atoms with Gasteiger partial charge in [0, 0.05) is 23.1 Å². The number of halogens is 2. The van der Waals surface area contributed by atoms with Crippen molar-refractivity contribution in [2.75, 3.05) is 19.7 Å². The van der Waals surface area contributed by atoms with Crippen molar-refractivity contribution >= 4 is 27.5 Å². The number of nitrogens with zero attached hydrogens (tertiary/aromatic N) is 2. The number of morpholine rings is 1. The Morgan fingerprint density at radius 3 is 3.05 bits per heavy atom. The van der Waals surface area contributed by atoms with Gasteiger partial charge in [-0.1, -0.05) is 16.8 Å². The van der Waals surface area contributed by atoms with Gasteiger partial charge in [-0.2, -0.15) is 4.98 Å². The van der Waals surface area contributed by atoms with Crippen molar-refractivity contribution in [3.8, 4) is 11.4 Å². The van der Waals surface area contributed by atoms with Gasteiger partial charge in [0.15, 0.2) is 0 Å². The molecule has 1 aliphatic heterocycles. The van der Waals surface area contributed by atoms with Gasteiger partial charge in [0.25, 0.3) is 5.89 Å². The number of rotatable bonds is 2. The minimum absolute atomic E-state index is 0.175. The molecule has 1 N–H and O–H groups in total. The van der Waals surface area contributed by atoms with Gasteiger partial charge in [-0.25, -0.2) is 0 Å². The van der Waals surface area contributed by atoms with Gasteiger partial charge < -0.3 is 14.6 Å². The maximum Gasteiger partial charge on any atom is 0.257 e. The van der Waals surface area contributed by atoms with Gasteiger partial charge in [-0.05, 0) is 34.1 Å². The summed E-state index contributed by atoms with van der Waals surface area (Å²) in [6.45, 7) is 2.18. The summed E-state index contributed by atoms with van der Waals surface area (Å²) in [6.07, 6.45) is -0.175. The van der Waals surface area contributed by atoms with E-state index >= 15 is 0 Å². The van der Waals surface area contributed by atoms with E-state index in [2.05, 4.69) is 31.4 Å². The highest BCUT2D eigenvalue weighted by Gasteiger charge is 2.22. The number of benzene rings is 1. The van der Waals surface area contributed by atoms with Crippen molar-refractivity contribution in [1.29, 1.82) is 0 Å². The summed E-state index contributed by atoms with van der Waals surface area (Å²) < 4.78 is 11.6. The van der Waals surface area contributed by atoms with Gasteiger partial charge in [0.1, 0.15) is 6.10 Å². The lowest BCUT2D eigenvalue weighted by atomic mass is 10.2. The van der Waals surface area contributed by atoms with E-state index in [0.717, 1.165) is 16.6 Å². The first-order chi connectivity index (χ1) is 9.24. The van der Waals surface area contributed by atoms with Crippen molar-refractivity contribution in [3.63, 3.8) is 0 Å². The Morgan fingerprint density at radius 1 is 1.42 bits per heavy atom. The van der Waals surface area contributed by atoms with Crippen molar-refractivity contribution < 1.29 is 9.26 Å². The molecule has 0 amide bonds. The third-order valence-electron chi connectivity index (χ3n) is 2.82. The number of nitrogens with one attached hydrogen (secondary N) is 1. The Hall–Kier alpha value is -0.950. The monoisotopic (exact) mass is 343 g/mol. The molecular weight excluding hydrogens is 334 g/mol. The Labute approximate surface area is 123 Å². The first-order valence-corrected chi connectivity index (χ1v) is 7.02.